The molecule has 1 atom stereocenters. The minimum atomic E-state index is -2.61. The summed E-state index contributed by atoms with van der Waals surface area (Å²) in [6, 6.07) is 11.2. The van der Waals surface area contributed by atoms with E-state index in [1.165, 1.54) is 30.9 Å². The Balaban J connectivity index is 1.59. The zero-order chi connectivity index (χ0) is 19.2. The highest BCUT2D eigenvalue weighted by Gasteiger charge is 2.29. The summed E-state index contributed by atoms with van der Waals surface area (Å²) in [5.41, 5.74) is 3.18. The third kappa shape index (κ3) is 5.25. The van der Waals surface area contributed by atoms with Crippen LogP contribution in [0, 0.1) is 5.82 Å². The van der Waals surface area contributed by atoms with Crippen LogP contribution in [-0.4, -0.2) is 12.5 Å². The number of halogens is 3. The molecule has 0 radical (unpaired) electrons. The molecule has 2 nitrogen and oxygen atoms in total. The number of hydrogen-bond acceptors (Lipinski definition) is 2. The van der Waals surface area contributed by atoms with Crippen molar-refractivity contribution in [3.05, 3.63) is 64.5 Å². The van der Waals surface area contributed by atoms with Crippen LogP contribution in [0.25, 0.3) is 0 Å². The van der Waals surface area contributed by atoms with E-state index in [0.717, 1.165) is 12.0 Å². The molecule has 1 unspecified atom stereocenters. The number of alkyl halides is 2. The molecule has 1 aliphatic heterocycles. The second-order valence-electron chi connectivity index (χ2n) is 6.99. The minimum Gasteiger partial charge on any atom is -0.489 e. The standard InChI is InChI=1S/C22H25F3O2/c1-2-3-4-5-15-6-8-16(9-7-15)13-26-18-10-17-14-27-21(22(24)25)12-19(17)20(23)11-18/h6-11,21-22H,2-5,12-14H2,1H3. The van der Waals surface area contributed by atoms with E-state index < -0.39 is 18.3 Å². The molecular weight excluding hydrogens is 353 g/mol. The lowest BCUT2D eigenvalue weighted by molar-refractivity contribution is -0.0709. The van der Waals surface area contributed by atoms with Gasteiger partial charge in [0.15, 0.2) is 0 Å². The molecule has 0 bridgehead atoms. The molecule has 0 saturated carbocycles. The summed E-state index contributed by atoms with van der Waals surface area (Å²) < 4.78 is 50.7. The predicted molar refractivity (Wildman–Crippen MR) is 98.7 cm³/mol. The van der Waals surface area contributed by atoms with E-state index >= 15 is 0 Å². The van der Waals surface area contributed by atoms with E-state index in [1.54, 1.807) is 6.07 Å². The van der Waals surface area contributed by atoms with Gasteiger partial charge in [0.2, 0.25) is 0 Å². The smallest absolute Gasteiger partial charge is 0.264 e. The first-order valence-corrected chi connectivity index (χ1v) is 9.48. The van der Waals surface area contributed by atoms with Gasteiger partial charge in [0, 0.05) is 12.5 Å². The minimum absolute atomic E-state index is 0.0229. The summed E-state index contributed by atoms with van der Waals surface area (Å²) in [4.78, 5) is 0. The SMILES string of the molecule is CCCCCc1ccc(COc2cc(F)c3c(c2)COC(C(F)F)C3)cc1. The number of unbranched alkanes of at least 4 members (excludes halogenated alkanes) is 2. The molecule has 0 saturated heterocycles. The van der Waals surface area contributed by atoms with E-state index in [0.29, 0.717) is 23.5 Å². The molecule has 0 aliphatic carbocycles. The number of ether oxygens (including phenoxy) is 2. The molecule has 2 aromatic carbocycles. The summed E-state index contributed by atoms with van der Waals surface area (Å²) in [5, 5.41) is 0. The molecule has 1 aliphatic rings. The van der Waals surface area contributed by atoms with Gasteiger partial charge in [-0.3, -0.25) is 0 Å². The fourth-order valence-electron chi connectivity index (χ4n) is 3.27. The second-order valence-corrected chi connectivity index (χ2v) is 6.99. The fourth-order valence-corrected chi connectivity index (χ4v) is 3.27. The molecule has 5 heteroatoms. The quantitative estimate of drug-likeness (QED) is 0.537. The van der Waals surface area contributed by atoms with E-state index in [2.05, 4.69) is 19.1 Å². The molecule has 0 spiro atoms. The number of hydrogen-bond donors (Lipinski definition) is 0. The number of aryl methyl sites for hydroxylation is 1. The summed E-state index contributed by atoms with van der Waals surface area (Å²) in [7, 11) is 0. The zero-order valence-electron chi connectivity index (χ0n) is 15.5. The number of fused-ring (bicyclic) bond motifs is 1. The highest BCUT2D eigenvalue weighted by molar-refractivity contribution is 5.38. The summed E-state index contributed by atoms with van der Waals surface area (Å²) in [6.45, 7) is 2.49. The molecule has 0 N–H and O–H groups in total. The van der Waals surface area contributed by atoms with Crippen LogP contribution in [0.4, 0.5) is 13.2 Å². The molecule has 0 aromatic heterocycles. The molecule has 0 fully saturated rings. The Morgan fingerprint density at radius 1 is 1.11 bits per heavy atom. The van der Waals surface area contributed by atoms with Crippen molar-refractivity contribution in [2.24, 2.45) is 0 Å². The molecule has 1 heterocycles. The van der Waals surface area contributed by atoms with Crippen molar-refractivity contribution in [2.45, 2.75) is 64.8 Å². The maximum atomic E-state index is 14.3. The van der Waals surface area contributed by atoms with Crippen molar-refractivity contribution in [2.75, 3.05) is 0 Å². The van der Waals surface area contributed by atoms with Crippen LogP contribution in [0.15, 0.2) is 36.4 Å². The Hall–Kier alpha value is -2.01. The van der Waals surface area contributed by atoms with Crippen LogP contribution in [0.1, 0.15) is 48.4 Å². The highest BCUT2D eigenvalue weighted by atomic mass is 19.3. The molecule has 146 valence electrons. The van der Waals surface area contributed by atoms with Crippen molar-refractivity contribution in [3.63, 3.8) is 0 Å². The predicted octanol–water partition coefficient (Wildman–Crippen LogP) is 5.84. The van der Waals surface area contributed by atoms with Crippen molar-refractivity contribution >= 4 is 0 Å². The van der Waals surface area contributed by atoms with E-state index in [9.17, 15) is 13.2 Å². The van der Waals surface area contributed by atoms with Gasteiger partial charge in [0.1, 0.15) is 24.3 Å². The van der Waals surface area contributed by atoms with Crippen molar-refractivity contribution in [1.82, 2.24) is 0 Å². The van der Waals surface area contributed by atoms with Gasteiger partial charge in [-0.05, 0) is 41.2 Å². The van der Waals surface area contributed by atoms with E-state index in [1.807, 2.05) is 12.1 Å². The van der Waals surface area contributed by atoms with Gasteiger partial charge in [-0.25, -0.2) is 13.2 Å². The van der Waals surface area contributed by atoms with Gasteiger partial charge in [-0.1, -0.05) is 44.0 Å². The first kappa shape index (κ1) is 19.7. The normalized spacial score (nSPS) is 16.4. The average Bonchev–Trinajstić information content (AvgIpc) is 2.67. The summed E-state index contributed by atoms with van der Waals surface area (Å²) in [5.74, 6) is -0.125. The molecule has 27 heavy (non-hydrogen) atoms. The zero-order valence-corrected chi connectivity index (χ0v) is 15.5. The fraction of sp³-hybridized carbons (Fsp3) is 0.455. The topological polar surface area (TPSA) is 18.5 Å². The second kappa shape index (κ2) is 9.27. The van der Waals surface area contributed by atoms with Crippen LogP contribution >= 0.6 is 0 Å². The Morgan fingerprint density at radius 2 is 1.85 bits per heavy atom. The van der Waals surface area contributed by atoms with Crippen LogP contribution in [0.3, 0.4) is 0 Å². The lowest BCUT2D eigenvalue weighted by atomic mass is 9.98. The molecule has 3 rings (SSSR count). The Kier molecular flexibility index (Phi) is 6.78. The van der Waals surface area contributed by atoms with Crippen molar-refractivity contribution in [3.8, 4) is 5.75 Å². The van der Waals surface area contributed by atoms with E-state index in [4.69, 9.17) is 9.47 Å². The molecule has 0 amide bonds. The first-order valence-electron chi connectivity index (χ1n) is 9.48. The number of rotatable bonds is 8. The van der Waals surface area contributed by atoms with Gasteiger partial charge >= 0.3 is 0 Å². The van der Waals surface area contributed by atoms with Gasteiger partial charge in [0.05, 0.1) is 6.61 Å². The van der Waals surface area contributed by atoms with Gasteiger partial charge in [-0.15, -0.1) is 0 Å². The Labute approximate surface area is 158 Å². The van der Waals surface area contributed by atoms with Crippen LogP contribution in [0.5, 0.6) is 5.75 Å². The van der Waals surface area contributed by atoms with E-state index in [-0.39, 0.29) is 13.0 Å². The largest absolute Gasteiger partial charge is 0.489 e. The van der Waals surface area contributed by atoms with Gasteiger partial charge < -0.3 is 9.47 Å². The Morgan fingerprint density at radius 3 is 2.56 bits per heavy atom. The lowest BCUT2D eigenvalue weighted by Gasteiger charge is -2.25. The van der Waals surface area contributed by atoms with Gasteiger partial charge in [0.25, 0.3) is 6.43 Å². The summed E-state index contributed by atoms with van der Waals surface area (Å²) >= 11 is 0. The van der Waals surface area contributed by atoms with Crippen molar-refractivity contribution in [1.29, 1.82) is 0 Å². The van der Waals surface area contributed by atoms with Crippen LogP contribution < -0.4 is 4.74 Å². The third-order valence-corrected chi connectivity index (χ3v) is 4.90. The maximum absolute atomic E-state index is 14.3. The lowest BCUT2D eigenvalue weighted by Crippen LogP contribution is -2.29. The summed E-state index contributed by atoms with van der Waals surface area (Å²) in [6.07, 6.45) is 0.736. The first-order chi connectivity index (χ1) is 13.1. The molecular formula is C22H25F3O2. The average molecular weight is 378 g/mol. The third-order valence-electron chi connectivity index (χ3n) is 4.90. The number of benzene rings is 2. The Bertz CT molecular complexity index is 744. The van der Waals surface area contributed by atoms with Gasteiger partial charge in [-0.2, -0.15) is 0 Å². The molecule has 2 aromatic rings. The van der Waals surface area contributed by atoms with Crippen molar-refractivity contribution < 1.29 is 22.6 Å². The highest BCUT2D eigenvalue weighted by Crippen LogP contribution is 2.30. The maximum Gasteiger partial charge on any atom is 0.264 e. The van der Waals surface area contributed by atoms with Crippen LogP contribution in [0.2, 0.25) is 0 Å². The monoisotopic (exact) mass is 378 g/mol. The van der Waals surface area contributed by atoms with Crippen LogP contribution in [-0.2, 0) is 30.8 Å².